The fourth-order valence-corrected chi connectivity index (χ4v) is 5.29. The Hall–Kier alpha value is -2.29. The second-order valence-electron chi connectivity index (χ2n) is 8.03. The van der Waals surface area contributed by atoms with Gasteiger partial charge in [-0.3, -0.25) is 4.79 Å². The number of nitrogens with one attached hydrogen (secondary N) is 1. The fraction of sp³-hybridized carbons (Fsp3) is 0.435. The molecule has 0 saturated carbocycles. The van der Waals surface area contributed by atoms with Gasteiger partial charge in [-0.1, -0.05) is 17.7 Å². The van der Waals surface area contributed by atoms with Crippen LogP contribution in [-0.2, 0) is 21.4 Å². The number of nitrogens with zero attached hydrogens (tertiary/aromatic N) is 1. The third-order valence-electron chi connectivity index (χ3n) is 5.26. The Morgan fingerprint density at radius 3 is 2.56 bits per heavy atom. The van der Waals surface area contributed by atoms with Crippen LogP contribution in [0.1, 0.15) is 32.3 Å². The molecule has 1 amide bonds. The average Bonchev–Trinajstić information content (AvgIpc) is 2.78. The van der Waals surface area contributed by atoms with Crippen LogP contribution in [0.15, 0.2) is 47.4 Å². The standard InChI is InChI=1S/C23H29ClN2O5S/c1-16(2)31-21-11-6-17(13-22(21)30-3)14-25-23(27)18-5-4-12-26(15-18)32(28,29)20-9-7-19(24)8-10-20/h6-11,13,16,18H,4-5,12,14-15H2,1-3H3,(H,25,27)/t18-/m0/s1. The molecule has 1 heterocycles. The summed E-state index contributed by atoms with van der Waals surface area (Å²) < 4.78 is 38.4. The van der Waals surface area contributed by atoms with Gasteiger partial charge in [-0.15, -0.1) is 0 Å². The first-order valence-corrected chi connectivity index (χ1v) is 12.4. The van der Waals surface area contributed by atoms with Gasteiger partial charge in [-0.2, -0.15) is 4.31 Å². The molecule has 9 heteroatoms. The fourth-order valence-electron chi connectivity index (χ4n) is 3.64. The lowest BCUT2D eigenvalue weighted by Crippen LogP contribution is -2.45. The van der Waals surface area contributed by atoms with Crippen LogP contribution in [0.3, 0.4) is 0 Å². The largest absolute Gasteiger partial charge is 0.493 e. The molecule has 1 aliphatic rings. The van der Waals surface area contributed by atoms with Crippen molar-refractivity contribution in [1.82, 2.24) is 9.62 Å². The summed E-state index contributed by atoms with van der Waals surface area (Å²) in [6.45, 7) is 4.74. The number of methoxy groups -OCH3 is 1. The Kier molecular flexibility index (Phi) is 8.03. The molecule has 0 unspecified atom stereocenters. The van der Waals surface area contributed by atoms with Crippen molar-refractivity contribution in [2.75, 3.05) is 20.2 Å². The normalized spacial score (nSPS) is 17.2. The van der Waals surface area contributed by atoms with E-state index in [2.05, 4.69) is 5.32 Å². The number of sulfonamides is 1. The number of benzene rings is 2. The monoisotopic (exact) mass is 480 g/mol. The molecule has 0 aliphatic carbocycles. The van der Waals surface area contributed by atoms with Gasteiger partial charge >= 0.3 is 0 Å². The lowest BCUT2D eigenvalue weighted by molar-refractivity contribution is -0.126. The average molecular weight is 481 g/mol. The van der Waals surface area contributed by atoms with Crippen molar-refractivity contribution < 1.29 is 22.7 Å². The van der Waals surface area contributed by atoms with Gasteiger partial charge < -0.3 is 14.8 Å². The minimum Gasteiger partial charge on any atom is -0.493 e. The lowest BCUT2D eigenvalue weighted by Gasteiger charge is -2.31. The maximum atomic E-state index is 13.0. The highest BCUT2D eigenvalue weighted by molar-refractivity contribution is 7.89. The van der Waals surface area contributed by atoms with Crippen molar-refractivity contribution in [3.8, 4) is 11.5 Å². The second kappa shape index (κ2) is 10.6. The van der Waals surface area contributed by atoms with Crippen molar-refractivity contribution in [3.05, 3.63) is 53.1 Å². The van der Waals surface area contributed by atoms with Gasteiger partial charge in [-0.25, -0.2) is 8.42 Å². The summed E-state index contributed by atoms with van der Waals surface area (Å²) in [4.78, 5) is 13.0. The number of rotatable bonds is 8. The van der Waals surface area contributed by atoms with E-state index in [1.165, 1.54) is 16.4 Å². The van der Waals surface area contributed by atoms with Gasteiger partial charge in [0, 0.05) is 24.7 Å². The Morgan fingerprint density at radius 2 is 1.91 bits per heavy atom. The Bertz CT molecular complexity index is 1040. The molecular weight excluding hydrogens is 452 g/mol. The summed E-state index contributed by atoms with van der Waals surface area (Å²) >= 11 is 5.87. The number of hydrogen-bond acceptors (Lipinski definition) is 5. The highest BCUT2D eigenvalue weighted by Crippen LogP contribution is 2.29. The Morgan fingerprint density at radius 1 is 1.19 bits per heavy atom. The lowest BCUT2D eigenvalue weighted by atomic mass is 9.98. The minimum atomic E-state index is -3.67. The third-order valence-corrected chi connectivity index (χ3v) is 7.40. The molecule has 7 nitrogen and oxygen atoms in total. The first-order valence-electron chi connectivity index (χ1n) is 10.6. The van der Waals surface area contributed by atoms with Gasteiger partial charge in [0.25, 0.3) is 0 Å². The third kappa shape index (κ3) is 5.94. The van der Waals surface area contributed by atoms with Crippen molar-refractivity contribution >= 4 is 27.5 Å². The Labute approximate surface area is 194 Å². The molecule has 0 radical (unpaired) electrons. The highest BCUT2D eigenvalue weighted by Gasteiger charge is 2.33. The van der Waals surface area contributed by atoms with Crippen LogP contribution >= 0.6 is 11.6 Å². The van der Waals surface area contributed by atoms with E-state index in [9.17, 15) is 13.2 Å². The van der Waals surface area contributed by atoms with Gasteiger partial charge in [0.15, 0.2) is 11.5 Å². The molecule has 1 saturated heterocycles. The molecule has 0 bridgehead atoms. The van der Waals surface area contributed by atoms with Crippen molar-refractivity contribution in [2.45, 2.75) is 44.2 Å². The van der Waals surface area contributed by atoms with E-state index in [0.29, 0.717) is 42.5 Å². The summed E-state index contributed by atoms with van der Waals surface area (Å²) in [5, 5.41) is 3.40. The van der Waals surface area contributed by atoms with E-state index in [0.717, 1.165) is 5.56 Å². The molecule has 0 aromatic heterocycles. The van der Waals surface area contributed by atoms with Crippen LogP contribution in [0.5, 0.6) is 11.5 Å². The number of ether oxygens (including phenoxy) is 2. The molecule has 1 fully saturated rings. The number of carbonyl (C=O) groups excluding carboxylic acids is 1. The van der Waals surface area contributed by atoms with Gasteiger partial charge in [-0.05, 0) is 68.7 Å². The topological polar surface area (TPSA) is 84.9 Å². The number of halogens is 1. The van der Waals surface area contributed by atoms with Crippen LogP contribution in [0.25, 0.3) is 0 Å². The van der Waals surface area contributed by atoms with Crippen molar-refractivity contribution in [1.29, 1.82) is 0 Å². The summed E-state index contributed by atoms with van der Waals surface area (Å²) in [5.74, 6) is 0.676. The van der Waals surface area contributed by atoms with E-state index >= 15 is 0 Å². The second-order valence-corrected chi connectivity index (χ2v) is 10.4. The SMILES string of the molecule is COc1cc(CNC(=O)[C@H]2CCCN(S(=O)(=O)c3ccc(Cl)cc3)C2)ccc1OC(C)C. The van der Waals surface area contributed by atoms with E-state index in [1.807, 2.05) is 32.0 Å². The quantitative estimate of drug-likeness (QED) is 0.620. The van der Waals surface area contributed by atoms with E-state index in [-0.39, 0.29) is 23.5 Å². The minimum absolute atomic E-state index is 0.0212. The molecule has 2 aromatic carbocycles. The first-order chi connectivity index (χ1) is 15.2. The zero-order chi connectivity index (χ0) is 23.3. The molecule has 1 atom stereocenters. The number of amides is 1. The zero-order valence-corrected chi connectivity index (χ0v) is 20.1. The molecule has 32 heavy (non-hydrogen) atoms. The summed E-state index contributed by atoms with van der Waals surface area (Å²) in [5.41, 5.74) is 0.868. The molecule has 2 aromatic rings. The molecule has 0 spiro atoms. The summed E-state index contributed by atoms with van der Waals surface area (Å²) in [6, 6.07) is 11.6. The van der Waals surface area contributed by atoms with Crippen LogP contribution in [0.2, 0.25) is 5.02 Å². The first kappa shape index (κ1) is 24.4. The van der Waals surface area contributed by atoms with Crippen LogP contribution < -0.4 is 14.8 Å². The van der Waals surface area contributed by atoms with Crippen molar-refractivity contribution in [2.24, 2.45) is 5.92 Å². The van der Waals surface area contributed by atoms with Crippen LogP contribution in [-0.4, -0.2) is 44.9 Å². The maximum Gasteiger partial charge on any atom is 0.243 e. The van der Waals surface area contributed by atoms with Crippen LogP contribution in [0.4, 0.5) is 0 Å². The molecular formula is C23H29ClN2O5S. The zero-order valence-electron chi connectivity index (χ0n) is 18.5. The van der Waals surface area contributed by atoms with Gasteiger partial charge in [0.2, 0.25) is 15.9 Å². The van der Waals surface area contributed by atoms with E-state index in [1.54, 1.807) is 19.2 Å². The summed E-state index contributed by atoms with van der Waals surface area (Å²) in [7, 11) is -2.10. The summed E-state index contributed by atoms with van der Waals surface area (Å²) in [6.07, 6.45) is 1.29. The van der Waals surface area contributed by atoms with Crippen molar-refractivity contribution in [3.63, 3.8) is 0 Å². The number of carbonyl (C=O) groups is 1. The highest BCUT2D eigenvalue weighted by atomic mass is 35.5. The molecule has 1 aliphatic heterocycles. The smallest absolute Gasteiger partial charge is 0.243 e. The van der Waals surface area contributed by atoms with Gasteiger partial charge in [0.05, 0.1) is 24.0 Å². The number of piperidine rings is 1. The van der Waals surface area contributed by atoms with E-state index in [4.69, 9.17) is 21.1 Å². The van der Waals surface area contributed by atoms with Crippen LogP contribution in [0, 0.1) is 5.92 Å². The number of hydrogen-bond donors (Lipinski definition) is 1. The molecule has 3 rings (SSSR count). The van der Waals surface area contributed by atoms with Gasteiger partial charge in [0.1, 0.15) is 0 Å². The predicted octanol–water partition coefficient (Wildman–Crippen LogP) is 3.85. The van der Waals surface area contributed by atoms with E-state index < -0.39 is 15.9 Å². The molecule has 1 N–H and O–H groups in total. The predicted molar refractivity (Wildman–Crippen MR) is 124 cm³/mol. The molecule has 174 valence electrons. The Balaban J connectivity index is 1.62. The maximum absolute atomic E-state index is 13.0.